The fourth-order valence-corrected chi connectivity index (χ4v) is 4.89. The number of ether oxygens (including phenoxy) is 2. The lowest BCUT2D eigenvalue weighted by Crippen LogP contribution is -2.41. The molecule has 0 bridgehead atoms. The maximum absolute atomic E-state index is 13.2. The zero-order valence-corrected chi connectivity index (χ0v) is 17.7. The van der Waals surface area contributed by atoms with Crippen molar-refractivity contribution in [3.63, 3.8) is 0 Å². The molecule has 0 aromatic heterocycles. The predicted octanol–water partition coefficient (Wildman–Crippen LogP) is 3.15. The number of hydrogen-bond acceptors (Lipinski definition) is 7. The summed E-state index contributed by atoms with van der Waals surface area (Å²) in [7, 11) is -2.47. The SMILES string of the molecule is CN(Cc1ccc(OC(F)(F)F)cc1)c1ccc([N+](=O)[O-])cc1S(=O)(=O)N1CCOCC1. The van der Waals surface area contributed by atoms with Crippen molar-refractivity contribution in [2.45, 2.75) is 17.8 Å². The molecule has 2 aromatic carbocycles. The fourth-order valence-electron chi connectivity index (χ4n) is 3.22. The third kappa shape index (κ3) is 5.66. The van der Waals surface area contributed by atoms with Gasteiger partial charge >= 0.3 is 6.36 Å². The molecule has 0 unspecified atom stereocenters. The Morgan fingerprint density at radius 1 is 1.16 bits per heavy atom. The van der Waals surface area contributed by atoms with Crippen LogP contribution in [-0.4, -0.2) is 57.4 Å². The molecule has 1 aliphatic rings. The number of morpholine rings is 1. The normalized spacial score (nSPS) is 15.4. The van der Waals surface area contributed by atoms with Gasteiger partial charge in [-0.1, -0.05) is 12.1 Å². The number of nitrogens with zero attached hydrogens (tertiary/aromatic N) is 3. The molecule has 32 heavy (non-hydrogen) atoms. The molecule has 174 valence electrons. The monoisotopic (exact) mass is 475 g/mol. The minimum atomic E-state index is -4.81. The number of nitro groups is 1. The third-order valence-electron chi connectivity index (χ3n) is 4.73. The van der Waals surface area contributed by atoms with Gasteiger partial charge in [0.15, 0.2) is 0 Å². The first-order valence-electron chi connectivity index (χ1n) is 9.39. The summed E-state index contributed by atoms with van der Waals surface area (Å²) in [6, 6.07) is 8.68. The molecule has 0 aliphatic carbocycles. The quantitative estimate of drug-likeness (QED) is 0.448. The Morgan fingerprint density at radius 2 is 1.78 bits per heavy atom. The van der Waals surface area contributed by atoms with Crippen LogP contribution in [0.5, 0.6) is 5.75 Å². The second-order valence-corrected chi connectivity index (χ2v) is 8.88. The number of rotatable bonds is 7. The number of non-ortho nitro benzene ring substituents is 1. The Balaban J connectivity index is 1.90. The molecule has 1 heterocycles. The molecule has 0 radical (unpaired) electrons. The van der Waals surface area contributed by atoms with Gasteiger partial charge in [-0.2, -0.15) is 4.31 Å². The highest BCUT2D eigenvalue weighted by Crippen LogP contribution is 2.32. The van der Waals surface area contributed by atoms with Crippen LogP contribution < -0.4 is 9.64 Å². The highest BCUT2D eigenvalue weighted by molar-refractivity contribution is 7.89. The summed E-state index contributed by atoms with van der Waals surface area (Å²) in [6.07, 6.45) is -4.81. The molecule has 2 aromatic rings. The molecule has 13 heteroatoms. The lowest BCUT2D eigenvalue weighted by Gasteiger charge is -2.29. The van der Waals surface area contributed by atoms with E-state index in [9.17, 15) is 31.7 Å². The largest absolute Gasteiger partial charge is 0.573 e. The van der Waals surface area contributed by atoms with Gasteiger partial charge in [0, 0.05) is 38.8 Å². The molecule has 0 N–H and O–H groups in total. The van der Waals surface area contributed by atoms with E-state index < -0.39 is 21.3 Å². The summed E-state index contributed by atoms with van der Waals surface area (Å²) in [4.78, 5) is 11.9. The van der Waals surface area contributed by atoms with E-state index in [2.05, 4.69) is 4.74 Å². The van der Waals surface area contributed by atoms with Crippen LogP contribution in [0.4, 0.5) is 24.5 Å². The van der Waals surface area contributed by atoms with E-state index in [1.807, 2.05) is 0 Å². The van der Waals surface area contributed by atoms with Crippen molar-refractivity contribution in [3.8, 4) is 5.75 Å². The van der Waals surface area contributed by atoms with Crippen molar-refractivity contribution in [2.24, 2.45) is 0 Å². The van der Waals surface area contributed by atoms with Crippen LogP contribution in [0.1, 0.15) is 5.56 Å². The predicted molar refractivity (Wildman–Crippen MR) is 108 cm³/mol. The summed E-state index contributed by atoms with van der Waals surface area (Å²) in [6.45, 7) is 0.802. The first-order valence-corrected chi connectivity index (χ1v) is 10.8. The molecule has 1 fully saturated rings. The van der Waals surface area contributed by atoms with Gasteiger partial charge in [-0.3, -0.25) is 10.1 Å². The van der Waals surface area contributed by atoms with Crippen molar-refractivity contribution < 1.29 is 36.0 Å². The summed E-state index contributed by atoms with van der Waals surface area (Å²) in [5, 5.41) is 11.2. The van der Waals surface area contributed by atoms with Gasteiger partial charge in [0.05, 0.1) is 23.8 Å². The van der Waals surface area contributed by atoms with Gasteiger partial charge in [-0.25, -0.2) is 8.42 Å². The van der Waals surface area contributed by atoms with Gasteiger partial charge in [0.1, 0.15) is 10.6 Å². The van der Waals surface area contributed by atoms with Gasteiger partial charge in [-0.15, -0.1) is 13.2 Å². The first kappa shape index (κ1) is 23.8. The van der Waals surface area contributed by atoms with E-state index in [0.717, 1.165) is 18.2 Å². The second-order valence-electron chi connectivity index (χ2n) is 6.97. The smallest absolute Gasteiger partial charge is 0.406 e. The second kappa shape index (κ2) is 9.30. The van der Waals surface area contributed by atoms with Crippen molar-refractivity contribution in [1.29, 1.82) is 0 Å². The summed E-state index contributed by atoms with van der Waals surface area (Å²) >= 11 is 0. The van der Waals surface area contributed by atoms with Crippen LogP contribution in [0, 0.1) is 10.1 Å². The van der Waals surface area contributed by atoms with Crippen LogP contribution in [0.15, 0.2) is 47.4 Å². The standard InChI is InChI=1S/C19H20F3N3O6S/c1-23(13-14-2-5-16(6-3-14)31-19(20,21)22)17-7-4-15(25(26)27)12-18(17)32(28,29)24-8-10-30-11-9-24/h2-7,12H,8-11,13H2,1H3. The van der Waals surface area contributed by atoms with Crippen LogP contribution in [0.3, 0.4) is 0 Å². The van der Waals surface area contributed by atoms with Gasteiger partial charge in [0.2, 0.25) is 10.0 Å². The number of anilines is 1. The van der Waals surface area contributed by atoms with Gasteiger partial charge < -0.3 is 14.4 Å². The highest BCUT2D eigenvalue weighted by Gasteiger charge is 2.32. The Morgan fingerprint density at radius 3 is 2.34 bits per heavy atom. The number of benzene rings is 2. The summed E-state index contributed by atoms with van der Waals surface area (Å²) < 4.78 is 73.6. The highest BCUT2D eigenvalue weighted by atomic mass is 32.2. The molecule has 1 aliphatic heterocycles. The number of sulfonamides is 1. The zero-order chi connectivity index (χ0) is 23.5. The van der Waals surface area contributed by atoms with Crippen molar-refractivity contribution in [2.75, 3.05) is 38.3 Å². The molecule has 0 atom stereocenters. The minimum Gasteiger partial charge on any atom is -0.406 e. The summed E-state index contributed by atoms with van der Waals surface area (Å²) in [5.41, 5.74) is 0.426. The lowest BCUT2D eigenvalue weighted by atomic mass is 10.2. The average molecular weight is 475 g/mol. The maximum Gasteiger partial charge on any atom is 0.573 e. The number of nitro benzene ring substituents is 1. The average Bonchev–Trinajstić information content (AvgIpc) is 2.74. The zero-order valence-electron chi connectivity index (χ0n) is 16.9. The van der Waals surface area contributed by atoms with E-state index in [-0.39, 0.29) is 54.9 Å². The van der Waals surface area contributed by atoms with Crippen LogP contribution in [0.2, 0.25) is 0 Å². The maximum atomic E-state index is 13.2. The molecule has 0 spiro atoms. The molecule has 3 rings (SSSR count). The van der Waals surface area contributed by atoms with Crippen molar-refractivity contribution in [3.05, 3.63) is 58.1 Å². The molecular formula is C19H20F3N3O6S. The Bertz CT molecular complexity index is 1070. The van der Waals surface area contributed by atoms with E-state index in [1.165, 1.54) is 28.6 Å². The van der Waals surface area contributed by atoms with E-state index in [4.69, 9.17) is 4.74 Å². The van der Waals surface area contributed by atoms with Crippen LogP contribution in [0.25, 0.3) is 0 Å². The first-order chi connectivity index (χ1) is 15.0. The van der Waals surface area contributed by atoms with Gasteiger partial charge in [-0.05, 0) is 23.8 Å². The fraction of sp³-hybridized carbons (Fsp3) is 0.368. The molecular weight excluding hydrogens is 455 g/mol. The molecule has 9 nitrogen and oxygen atoms in total. The lowest BCUT2D eigenvalue weighted by molar-refractivity contribution is -0.385. The molecule has 0 amide bonds. The van der Waals surface area contributed by atoms with Crippen molar-refractivity contribution >= 4 is 21.4 Å². The number of hydrogen-bond donors (Lipinski definition) is 0. The van der Waals surface area contributed by atoms with Gasteiger partial charge in [0.25, 0.3) is 5.69 Å². The number of halogens is 3. The minimum absolute atomic E-state index is 0.120. The topological polar surface area (TPSA) is 102 Å². The van der Waals surface area contributed by atoms with E-state index in [0.29, 0.717) is 5.56 Å². The summed E-state index contributed by atoms with van der Waals surface area (Å²) in [5.74, 6) is -0.380. The Labute approximate surface area is 182 Å². The van der Waals surface area contributed by atoms with Crippen molar-refractivity contribution in [1.82, 2.24) is 4.31 Å². The Kier molecular flexibility index (Phi) is 6.91. The van der Waals surface area contributed by atoms with Crippen LogP contribution >= 0.6 is 0 Å². The van der Waals surface area contributed by atoms with E-state index >= 15 is 0 Å². The molecule has 0 saturated carbocycles. The van der Waals surface area contributed by atoms with Crippen LogP contribution in [-0.2, 0) is 21.3 Å². The van der Waals surface area contributed by atoms with E-state index in [1.54, 1.807) is 11.9 Å². The number of alkyl halides is 3. The third-order valence-corrected chi connectivity index (χ3v) is 6.66. The molecule has 1 saturated heterocycles. The Hall–Kier alpha value is -2.90.